The second kappa shape index (κ2) is 20.2. The molecular weight excluding hydrogens is 343 g/mol. The molecule has 0 aromatic rings. The van der Waals surface area contributed by atoms with Crippen LogP contribution in [0.4, 0.5) is 0 Å². The maximum atomic E-state index is 2.01. The van der Waals surface area contributed by atoms with Gasteiger partial charge < -0.3 is 0 Å². The summed E-state index contributed by atoms with van der Waals surface area (Å²) in [5.74, 6) is 0. The van der Waals surface area contributed by atoms with Crippen LogP contribution in [0.25, 0.3) is 0 Å². The summed E-state index contributed by atoms with van der Waals surface area (Å²) >= 11 is 1.95. The minimum atomic E-state index is 0. The van der Waals surface area contributed by atoms with E-state index in [-0.39, 0.29) is 38.4 Å². The van der Waals surface area contributed by atoms with E-state index < -0.39 is 0 Å². The van der Waals surface area contributed by atoms with Gasteiger partial charge in [-0.25, -0.2) is 0 Å². The Hall–Kier alpha value is 1.97. The molecule has 0 unspecified atom stereocenters. The molecular formula is H2BCrMoW. The van der Waals surface area contributed by atoms with E-state index in [2.05, 4.69) is 0 Å². The molecule has 23 valence electrons. The molecule has 0 bridgehead atoms. The smallest absolute Gasteiger partial charge is 0 e. The largest absolute Gasteiger partial charge is 0 e. The van der Waals surface area contributed by atoms with Crippen molar-refractivity contribution in [2.45, 2.75) is 0 Å². The van der Waals surface area contributed by atoms with Gasteiger partial charge in [0.2, 0.25) is 0 Å². The third-order valence-corrected chi connectivity index (χ3v) is 0. The third-order valence-electron chi connectivity index (χ3n) is 0. The van der Waals surface area contributed by atoms with E-state index in [0.29, 0.717) is 0 Å². The monoisotopic (exact) mass is 347 g/mol. The topological polar surface area (TPSA) is 0 Å². The zero-order chi connectivity index (χ0) is 2.00. The number of hydrogen-bond acceptors (Lipinski definition) is 0. The summed E-state index contributed by atoms with van der Waals surface area (Å²) in [6, 6.07) is 0. The van der Waals surface area contributed by atoms with Crippen LogP contribution in [-0.2, 0) is 58.0 Å². The van der Waals surface area contributed by atoms with Crippen molar-refractivity contribution in [1.29, 1.82) is 0 Å². The summed E-state index contributed by atoms with van der Waals surface area (Å²) < 4.78 is 0. The molecule has 0 saturated heterocycles. The molecule has 0 aliphatic rings. The van der Waals surface area contributed by atoms with Crippen molar-refractivity contribution in [3.63, 3.8) is 0 Å². The van der Waals surface area contributed by atoms with Crippen LogP contribution in [0.5, 0.6) is 0 Å². The van der Waals surface area contributed by atoms with Crippen molar-refractivity contribution in [2.24, 2.45) is 0 Å². The van der Waals surface area contributed by atoms with Crippen LogP contribution >= 0.6 is 0 Å². The van der Waals surface area contributed by atoms with Gasteiger partial charge in [-0.3, -0.25) is 0 Å². The van der Waals surface area contributed by atoms with Crippen molar-refractivity contribution >= 4 is 6.11 Å². The molecule has 4 heavy (non-hydrogen) atoms. The first-order valence-electron chi connectivity index (χ1n) is 0.408. The van der Waals surface area contributed by atoms with Crippen molar-refractivity contribution in [1.82, 2.24) is 0 Å². The first kappa shape index (κ1) is 16.7. The van der Waals surface area contributed by atoms with Gasteiger partial charge in [-0.05, 0) is 0 Å². The second-order valence-corrected chi connectivity index (χ2v) is 0. The standard InChI is InChI=1S/BH2.Cr.Mo.W/h1H2;;;/q+1;;-1;. The summed E-state index contributed by atoms with van der Waals surface area (Å²) in [5.41, 5.74) is 0. The molecule has 0 rings (SSSR count). The van der Waals surface area contributed by atoms with E-state index in [1.807, 2.05) is 25.7 Å². The zero-order valence-electron chi connectivity index (χ0n) is 2.22. The van der Waals surface area contributed by atoms with Gasteiger partial charge in [-0.15, -0.1) is 0 Å². The van der Waals surface area contributed by atoms with Gasteiger partial charge in [-0.2, -0.15) is 0 Å². The van der Waals surface area contributed by atoms with Crippen LogP contribution in [0, 0.1) is 0 Å². The van der Waals surface area contributed by atoms with Crippen molar-refractivity contribution in [3.05, 3.63) is 0 Å². The Balaban J connectivity index is -0.00000000500. The first-order chi connectivity index (χ1) is 1.00. The van der Waals surface area contributed by atoms with Gasteiger partial charge in [0.1, 0.15) is 0 Å². The van der Waals surface area contributed by atoms with Crippen LogP contribution in [0.2, 0.25) is 0 Å². The Morgan fingerprint density at radius 3 is 1.25 bits per heavy atom. The summed E-state index contributed by atoms with van der Waals surface area (Å²) in [6.07, 6.45) is 2.01. The molecule has 0 fully saturated rings. The maximum absolute atomic E-state index is 2.01. The summed E-state index contributed by atoms with van der Waals surface area (Å²) in [7, 11) is 0. The van der Waals surface area contributed by atoms with Crippen molar-refractivity contribution in [2.75, 3.05) is 0 Å². The zero-order valence-corrected chi connectivity index (χ0v) is 8.44. The fourth-order valence-corrected chi connectivity index (χ4v) is 0. The fourth-order valence-electron chi connectivity index (χ4n) is 0. The third kappa shape index (κ3) is 9.02. The quantitative estimate of drug-likeness (QED) is 0.499. The van der Waals surface area contributed by atoms with Crippen molar-refractivity contribution < 1.29 is 58.0 Å². The summed E-state index contributed by atoms with van der Waals surface area (Å²) in [5, 5.41) is 0. The molecule has 0 atom stereocenters. The predicted octanol–water partition coefficient (Wildman–Crippen LogP) is -0.924. The van der Waals surface area contributed by atoms with Gasteiger partial charge in [-0.1, -0.05) is 0 Å². The van der Waals surface area contributed by atoms with Gasteiger partial charge in [0, 0.05) is 38.4 Å². The van der Waals surface area contributed by atoms with Crippen LogP contribution < -0.4 is 0 Å². The molecule has 0 N–H and O–H groups in total. The van der Waals surface area contributed by atoms with Crippen LogP contribution in [-0.4, -0.2) is 6.11 Å². The van der Waals surface area contributed by atoms with Gasteiger partial charge in [0.15, 0.2) is 0 Å². The van der Waals surface area contributed by atoms with Gasteiger partial charge in [0.05, 0.1) is 0 Å². The Kier molecular flexibility index (Phi) is 84.2. The van der Waals surface area contributed by atoms with Crippen LogP contribution in [0.3, 0.4) is 0 Å². The average Bonchev–Trinajstić information content (AvgIpc) is 1.00. The Morgan fingerprint density at radius 2 is 1.25 bits per heavy atom. The normalized spacial score (nSPS) is 1.00. The molecule has 0 spiro atoms. The van der Waals surface area contributed by atoms with E-state index >= 15 is 0 Å². The van der Waals surface area contributed by atoms with E-state index in [1.54, 1.807) is 0 Å². The average molecular weight is 345 g/mol. The molecule has 0 nitrogen and oxygen atoms in total. The van der Waals surface area contributed by atoms with Crippen molar-refractivity contribution in [3.8, 4) is 0 Å². The molecule has 0 heterocycles. The molecule has 0 radical (unpaired) electrons. The molecule has 0 aliphatic heterocycles. The molecule has 0 aromatic heterocycles. The molecule has 0 aliphatic carbocycles. The molecule has 0 aromatic carbocycles. The number of rotatable bonds is 0. The molecule has 0 amide bonds. The maximum Gasteiger partial charge on any atom is 0 e. The minimum Gasteiger partial charge on any atom is 0 e. The van der Waals surface area contributed by atoms with Gasteiger partial charge in [0.25, 0.3) is 0 Å². The Bertz CT molecular complexity index is 8.00. The van der Waals surface area contributed by atoms with E-state index in [1.165, 1.54) is 0 Å². The van der Waals surface area contributed by atoms with E-state index in [9.17, 15) is 0 Å². The Labute approximate surface area is 63.6 Å². The molecule has 0 saturated carbocycles. The SMILES string of the molecule is [BH2][Mo].[Cr].[W]. The van der Waals surface area contributed by atoms with Crippen LogP contribution in [0.15, 0.2) is 0 Å². The van der Waals surface area contributed by atoms with Gasteiger partial charge >= 0.3 is 25.7 Å². The predicted molar refractivity (Wildman–Crippen MR) is 8.54 cm³/mol. The van der Waals surface area contributed by atoms with E-state index in [4.69, 9.17) is 0 Å². The second-order valence-electron chi connectivity index (χ2n) is 0. The Morgan fingerprint density at radius 1 is 1.25 bits per heavy atom. The minimum absolute atomic E-state index is 0. The fraction of sp³-hybridized carbons (Fsp3) is 0. The number of hydrogen-bond donors (Lipinski definition) is 0. The van der Waals surface area contributed by atoms with E-state index in [0.717, 1.165) is 0 Å². The summed E-state index contributed by atoms with van der Waals surface area (Å²) in [6.45, 7) is 0. The summed E-state index contributed by atoms with van der Waals surface area (Å²) in [4.78, 5) is 0. The van der Waals surface area contributed by atoms with Crippen LogP contribution in [0.1, 0.15) is 0 Å². The first-order valence-corrected chi connectivity index (χ1v) is 2.42. The molecule has 4 heteroatoms.